The Hall–Kier alpha value is -3.48. The van der Waals surface area contributed by atoms with Gasteiger partial charge in [-0.25, -0.2) is 9.97 Å². The number of carbonyl (C=O) groups is 2. The van der Waals surface area contributed by atoms with Crippen LogP contribution in [-0.4, -0.2) is 95.6 Å². The lowest BCUT2D eigenvalue weighted by atomic mass is 9.88. The molecule has 12 nitrogen and oxygen atoms in total. The molecule has 1 aromatic carbocycles. The van der Waals surface area contributed by atoms with Gasteiger partial charge in [-0.2, -0.15) is 0 Å². The Kier molecular flexibility index (Phi) is 7.63. The number of morpholine rings is 1. The van der Waals surface area contributed by atoms with Gasteiger partial charge in [0.05, 0.1) is 18.7 Å². The van der Waals surface area contributed by atoms with Gasteiger partial charge in [0.15, 0.2) is 28.4 Å². The molecule has 2 amide bonds. The highest BCUT2D eigenvalue weighted by Crippen LogP contribution is 2.27. The minimum absolute atomic E-state index is 0.0198. The van der Waals surface area contributed by atoms with E-state index in [1.165, 1.54) is 5.56 Å². The van der Waals surface area contributed by atoms with Crippen LogP contribution in [0.25, 0.3) is 0 Å². The number of halogens is 1. The van der Waals surface area contributed by atoms with Gasteiger partial charge in [0.2, 0.25) is 0 Å². The van der Waals surface area contributed by atoms with E-state index < -0.39 is 12.0 Å². The minimum atomic E-state index is -0.505. The summed E-state index contributed by atoms with van der Waals surface area (Å²) in [6.45, 7) is 4.41. The smallest absolute Gasteiger partial charge is 0.280 e. The molecule has 2 fully saturated rings. The second kappa shape index (κ2) is 11.1. The Labute approximate surface area is 226 Å². The third-order valence-corrected chi connectivity index (χ3v) is 7.47. The Balaban J connectivity index is 1.12. The lowest BCUT2D eigenvalue weighted by Gasteiger charge is -2.41. The fraction of sp³-hybridized carbons (Fsp3) is 0.480. The van der Waals surface area contributed by atoms with Gasteiger partial charge in [-0.1, -0.05) is 41.9 Å². The van der Waals surface area contributed by atoms with Gasteiger partial charge in [0, 0.05) is 39.8 Å². The van der Waals surface area contributed by atoms with Gasteiger partial charge in [-0.15, -0.1) is 0 Å². The van der Waals surface area contributed by atoms with Crippen molar-refractivity contribution in [1.82, 2.24) is 30.4 Å². The number of aromatic nitrogens is 2. The van der Waals surface area contributed by atoms with E-state index in [9.17, 15) is 9.59 Å². The molecule has 13 heteroatoms. The lowest BCUT2D eigenvalue weighted by Crippen LogP contribution is -2.59. The Bertz CT molecular complexity index is 1220. The van der Waals surface area contributed by atoms with Gasteiger partial charge in [-0.05, 0) is 18.4 Å². The second-order valence-corrected chi connectivity index (χ2v) is 10.1. The number of rotatable bonds is 5. The average molecular weight is 542 g/mol. The number of hydrogen-bond donors (Lipinski definition) is 4. The standard InChI is InChI=1S/C25H32ClN9O3/c1-28-21-18(30-19(26)20(27)31-21)22(36)32-24-29-15-25(33-24)7-9-35(10-8-25)23(37)17-14-34(11-12-38-17)13-16-5-3-2-4-6-16/h2-6,17H,7-15H2,1H3,(H3,27,28,31)(H2,29,32,33,36). The van der Waals surface area contributed by atoms with E-state index in [1.54, 1.807) is 7.05 Å². The third-order valence-electron chi connectivity index (χ3n) is 7.19. The zero-order valence-electron chi connectivity index (χ0n) is 21.2. The van der Waals surface area contributed by atoms with E-state index in [0.29, 0.717) is 51.6 Å². The number of piperidine rings is 1. The first-order valence-corrected chi connectivity index (χ1v) is 13.0. The summed E-state index contributed by atoms with van der Waals surface area (Å²) < 4.78 is 5.86. The molecule has 38 heavy (non-hydrogen) atoms. The topological polar surface area (TPSA) is 150 Å². The zero-order valence-corrected chi connectivity index (χ0v) is 22.0. The van der Waals surface area contributed by atoms with Crippen LogP contribution in [0.3, 0.4) is 0 Å². The third kappa shape index (κ3) is 5.66. The summed E-state index contributed by atoms with van der Waals surface area (Å²) in [5, 5.41) is 8.86. The number of ether oxygens (including phenoxy) is 1. The predicted octanol–water partition coefficient (Wildman–Crippen LogP) is 0.705. The molecule has 2 aromatic rings. The molecule has 0 radical (unpaired) electrons. The van der Waals surface area contributed by atoms with Crippen LogP contribution in [0.15, 0.2) is 35.3 Å². The molecule has 1 spiro atoms. The number of nitrogens with zero attached hydrogens (tertiary/aromatic N) is 5. The molecule has 3 aliphatic rings. The van der Waals surface area contributed by atoms with Crippen molar-refractivity contribution < 1.29 is 14.3 Å². The van der Waals surface area contributed by atoms with Crippen LogP contribution in [0.4, 0.5) is 11.6 Å². The number of nitrogen functional groups attached to an aromatic ring is 1. The van der Waals surface area contributed by atoms with E-state index in [4.69, 9.17) is 22.1 Å². The van der Waals surface area contributed by atoms with Crippen LogP contribution in [0.5, 0.6) is 0 Å². The molecule has 0 bridgehead atoms. The number of anilines is 2. The summed E-state index contributed by atoms with van der Waals surface area (Å²) in [5.41, 5.74) is 6.62. The predicted molar refractivity (Wildman–Crippen MR) is 144 cm³/mol. The number of hydrogen-bond acceptors (Lipinski definition) is 10. The van der Waals surface area contributed by atoms with Crippen molar-refractivity contribution >= 4 is 41.0 Å². The summed E-state index contributed by atoms with van der Waals surface area (Å²) in [5.74, 6) is 0.139. The number of benzene rings is 1. The summed E-state index contributed by atoms with van der Waals surface area (Å²) in [6, 6.07) is 10.3. The molecule has 4 heterocycles. The summed E-state index contributed by atoms with van der Waals surface area (Å²) in [4.78, 5) is 42.8. The van der Waals surface area contributed by atoms with E-state index in [2.05, 4.69) is 47.9 Å². The maximum atomic E-state index is 13.3. The maximum Gasteiger partial charge on any atom is 0.280 e. The molecule has 3 aliphatic heterocycles. The maximum absolute atomic E-state index is 13.3. The van der Waals surface area contributed by atoms with E-state index in [1.807, 2.05) is 23.1 Å². The van der Waals surface area contributed by atoms with Crippen molar-refractivity contribution in [2.24, 2.45) is 4.99 Å². The van der Waals surface area contributed by atoms with Crippen LogP contribution in [0, 0.1) is 0 Å². The van der Waals surface area contributed by atoms with Gasteiger partial charge < -0.3 is 26.0 Å². The highest BCUT2D eigenvalue weighted by molar-refractivity contribution is 6.31. The van der Waals surface area contributed by atoms with Gasteiger partial charge >= 0.3 is 0 Å². The molecule has 5 rings (SSSR count). The van der Waals surface area contributed by atoms with E-state index in [0.717, 1.165) is 13.1 Å². The monoisotopic (exact) mass is 541 g/mol. The molecule has 0 aliphatic carbocycles. The number of nitrogens with two attached hydrogens (primary N) is 1. The molecule has 1 aromatic heterocycles. The van der Waals surface area contributed by atoms with Crippen LogP contribution in [-0.2, 0) is 16.1 Å². The van der Waals surface area contributed by atoms with E-state index in [-0.39, 0.29) is 33.9 Å². The van der Waals surface area contributed by atoms with Gasteiger partial charge in [0.1, 0.15) is 6.10 Å². The minimum Gasteiger partial charge on any atom is -0.381 e. The molecule has 202 valence electrons. The molecule has 2 saturated heterocycles. The number of aliphatic imine (C=N–C) groups is 1. The molecule has 1 atom stereocenters. The van der Waals surface area contributed by atoms with Crippen molar-refractivity contribution in [3.05, 3.63) is 46.7 Å². The summed E-state index contributed by atoms with van der Waals surface area (Å²) in [7, 11) is 1.61. The highest BCUT2D eigenvalue weighted by Gasteiger charge is 2.41. The molecular formula is C25H32ClN9O3. The van der Waals surface area contributed by atoms with Gasteiger partial charge in [-0.3, -0.25) is 24.8 Å². The van der Waals surface area contributed by atoms with Crippen LogP contribution < -0.4 is 21.7 Å². The first-order valence-electron chi connectivity index (χ1n) is 12.7. The van der Waals surface area contributed by atoms with Crippen LogP contribution >= 0.6 is 11.6 Å². The van der Waals surface area contributed by atoms with E-state index >= 15 is 0 Å². The molecule has 1 unspecified atom stereocenters. The highest BCUT2D eigenvalue weighted by atomic mass is 35.5. The number of likely N-dealkylation sites (tertiary alicyclic amines) is 1. The second-order valence-electron chi connectivity index (χ2n) is 9.78. The van der Waals surface area contributed by atoms with Crippen molar-refractivity contribution in [1.29, 1.82) is 0 Å². The number of guanidine groups is 1. The fourth-order valence-corrected chi connectivity index (χ4v) is 5.16. The molecular weight excluding hydrogens is 510 g/mol. The largest absolute Gasteiger partial charge is 0.381 e. The first-order chi connectivity index (χ1) is 18.4. The molecule has 0 saturated carbocycles. The Morgan fingerprint density at radius 2 is 1.97 bits per heavy atom. The average Bonchev–Trinajstić information content (AvgIpc) is 3.32. The fourth-order valence-electron chi connectivity index (χ4n) is 5.04. The number of amides is 2. The number of nitrogens with one attached hydrogen (secondary N) is 3. The van der Waals surface area contributed by atoms with Crippen LogP contribution in [0.2, 0.25) is 5.15 Å². The van der Waals surface area contributed by atoms with Crippen molar-refractivity contribution in [3.63, 3.8) is 0 Å². The van der Waals surface area contributed by atoms with Gasteiger partial charge in [0.25, 0.3) is 11.8 Å². The number of carbonyl (C=O) groups excluding carboxylic acids is 2. The Morgan fingerprint density at radius 3 is 2.71 bits per heavy atom. The summed E-state index contributed by atoms with van der Waals surface area (Å²) in [6.07, 6.45) is 0.952. The van der Waals surface area contributed by atoms with Crippen molar-refractivity contribution in [2.75, 3.05) is 57.4 Å². The van der Waals surface area contributed by atoms with Crippen molar-refractivity contribution in [3.8, 4) is 0 Å². The van der Waals surface area contributed by atoms with Crippen molar-refractivity contribution in [2.45, 2.75) is 31.0 Å². The first kappa shape index (κ1) is 26.1. The molecule has 5 N–H and O–H groups in total. The Morgan fingerprint density at radius 1 is 1.21 bits per heavy atom. The lowest BCUT2D eigenvalue weighted by molar-refractivity contribution is -0.151. The van der Waals surface area contributed by atoms with Crippen LogP contribution in [0.1, 0.15) is 28.9 Å². The summed E-state index contributed by atoms with van der Waals surface area (Å²) >= 11 is 5.96. The zero-order chi connectivity index (χ0) is 26.7. The SMILES string of the molecule is CNc1nc(N)c(Cl)nc1C(=O)NC1=NCC2(CCN(C(=O)C3CN(Cc4ccccc4)CCO3)CC2)N1. The normalized spacial score (nSPS) is 21.1. The quantitative estimate of drug-likeness (QED) is 0.429.